The topological polar surface area (TPSA) is 97.5 Å². The molecule has 62 valence electrons. The third kappa shape index (κ3) is 25.7. The second-order valence-corrected chi connectivity index (χ2v) is 1.29. The van der Waals surface area contributed by atoms with Crippen molar-refractivity contribution in [3.8, 4) is 0 Å². The van der Waals surface area contributed by atoms with Crippen LogP contribution in [0.25, 0.3) is 0 Å². The third-order valence-corrected chi connectivity index (χ3v) is 0.406. The van der Waals surface area contributed by atoms with Gasteiger partial charge >= 0.3 is 37.7 Å². The van der Waals surface area contributed by atoms with Gasteiger partial charge in [-0.15, -0.1) is 0 Å². The molecule has 6 heteroatoms. The zero-order valence-corrected chi connectivity index (χ0v) is 5.53. The summed E-state index contributed by atoms with van der Waals surface area (Å²) in [7, 11) is 0. The van der Waals surface area contributed by atoms with Crippen LogP contribution in [0.5, 0.6) is 0 Å². The van der Waals surface area contributed by atoms with Gasteiger partial charge in [0.05, 0.1) is 0 Å². The summed E-state index contributed by atoms with van der Waals surface area (Å²) in [6, 6.07) is 1.83. The Morgan fingerprint density at radius 2 is 2.09 bits per heavy atom. The average molecular weight is 188 g/mol. The zero-order valence-electron chi connectivity index (χ0n) is 5.53. The first kappa shape index (κ1) is 17.1. The normalized spacial score (nSPS) is 5.91. The first-order valence-electron chi connectivity index (χ1n) is 2.36. The first-order valence-corrected chi connectivity index (χ1v) is 2.36. The summed E-state index contributed by atoms with van der Waals surface area (Å²) in [6.07, 6.45) is 3.46. The van der Waals surface area contributed by atoms with E-state index in [1.165, 1.54) is 0 Å². The average Bonchev–Trinajstić information content (AvgIpc) is 2.11. The van der Waals surface area contributed by atoms with E-state index in [1.54, 1.807) is 12.4 Å². The number of carboxylic acids is 1. The van der Waals surface area contributed by atoms with E-state index in [2.05, 4.69) is 10.2 Å². The van der Waals surface area contributed by atoms with Gasteiger partial charge in [0.25, 0.3) is 5.97 Å². The quantitative estimate of drug-likeness (QED) is 0.498. The summed E-state index contributed by atoms with van der Waals surface area (Å²) in [5.74, 6) is -0.833. The number of aliphatic carboxylic acids is 1. The van der Waals surface area contributed by atoms with Gasteiger partial charge in [-0.3, -0.25) is 9.89 Å². The fourth-order valence-corrected chi connectivity index (χ4v) is 0.215. The molecule has 5 nitrogen and oxygen atoms in total. The van der Waals surface area contributed by atoms with E-state index in [9.17, 15) is 0 Å². The number of rotatable bonds is 0. The zero-order chi connectivity index (χ0) is 7.11. The molecule has 0 fully saturated rings. The molecule has 0 radical (unpaired) electrons. The number of nitrogens with zero attached hydrogens (tertiary/aromatic N) is 1. The molecule has 0 saturated carbocycles. The minimum absolute atomic E-state index is 0. The third-order valence-electron chi connectivity index (χ3n) is 0.406. The number of nitrogens with one attached hydrogen (secondary N) is 1. The second kappa shape index (κ2) is 12.6. The smallest absolute Gasteiger partial charge is 0.0487 e. The molecule has 1 aromatic rings. The maximum atomic E-state index is 9.00. The van der Waals surface area contributed by atoms with E-state index in [-0.39, 0.29) is 43.2 Å². The molecule has 0 saturated heterocycles. The van der Waals surface area contributed by atoms with Gasteiger partial charge in [0.2, 0.25) is 0 Å². The van der Waals surface area contributed by atoms with E-state index >= 15 is 0 Å². The number of aromatic nitrogens is 2. The molecule has 0 amide bonds. The van der Waals surface area contributed by atoms with Crippen molar-refractivity contribution in [1.82, 2.24) is 10.2 Å². The Labute approximate surface area is 94.1 Å². The number of H-pyrrole nitrogens is 1. The number of aromatic amines is 1. The van der Waals surface area contributed by atoms with Crippen LogP contribution in [0.1, 0.15) is 6.92 Å². The predicted molar refractivity (Wildman–Crippen MR) is 44.1 cm³/mol. The predicted octanol–water partition coefficient (Wildman–Crippen LogP) is -1.24. The summed E-state index contributed by atoms with van der Waals surface area (Å²) >= 11 is 0. The number of hydrogen-bond acceptors (Lipinski definition) is 2. The van der Waals surface area contributed by atoms with E-state index in [0.717, 1.165) is 6.92 Å². The molecule has 0 bridgehead atoms. The van der Waals surface area contributed by atoms with Crippen LogP contribution in [0.15, 0.2) is 18.5 Å². The summed E-state index contributed by atoms with van der Waals surface area (Å²) in [5, 5.41) is 13.6. The van der Waals surface area contributed by atoms with Crippen molar-refractivity contribution >= 4 is 43.7 Å². The van der Waals surface area contributed by atoms with Crippen LogP contribution >= 0.6 is 0 Å². The van der Waals surface area contributed by atoms with Crippen LogP contribution in [0.4, 0.5) is 0 Å². The van der Waals surface area contributed by atoms with Crippen LogP contribution in [-0.2, 0) is 4.79 Å². The molecular formula is C5H12CaN2O3. The van der Waals surface area contributed by atoms with Gasteiger partial charge in [0.1, 0.15) is 0 Å². The van der Waals surface area contributed by atoms with E-state index in [1.807, 2.05) is 6.07 Å². The van der Waals surface area contributed by atoms with E-state index < -0.39 is 5.97 Å². The molecule has 0 aliphatic heterocycles. The monoisotopic (exact) mass is 188 g/mol. The van der Waals surface area contributed by atoms with Crippen LogP contribution in [0, 0.1) is 0 Å². The van der Waals surface area contributed by atoms with Crippen LogP contribution in [-0.4, -0.2) is 64.5 Å². The fourth-order valence-electron chi connectivity index (χ4n) is 0.215. The molecule has 0 aliphatic rings. The maximum absolute atomic E-state index is 9.00. The second-order valence-electron chi connectivity index (χ2n) is 1.29. The number of carbonyl (C=O) groups is 1. The minimum Gasteiger partial charge on any atom is -0.286 e. The molecular weight excluding hydrogens is 176 g/mol. The molecule has 1 rings (SSSR count). The Kier molecular flexibility index (Phi) is 19.6. The molecule has 1 aromatic heterocycles. The van der Waals surface area contributed by atoms with Gasteiger partial charge in [-0.1, -0.05) is 0 Å². The van der Waals surface area contributed by atoms with Gasteiger partial charge in [-0.05, 0) is 6.07 Å². The molecule has 0 atom stereocenters. The summed E-state index contributed by atoms with van der Waals surface area (Å²) in [5.41, 5.74) is 0. The largest absolute Gasteiger partial charge is 0.286 e. The van der Waals surface area contributed by atoms with Crippen molar-refractivity contribution in [3.63, 3.8) is 0 Å². The van der Waals surface area contributed by atoms with Gasteiger partial charge in [0.15, 0.2) is 0 Å². The summed E-state index contributed by atoms with van der Waals surface area (Å²) in [6.45, 7) is 1.08. The molecule has 0 aromatic carbocycles. The molecule has 0 unspecified atom stereocenters. The summed E-state index contributed by atoms with van der Waals surface area (Å²) in [4.78, 5) is 9.00. The van der Waals surface area contributed by atoms with Crippen molar-refractivity contribution < 1.29 is 15.4 Å². The minimum atomic E-state index is -0.833. The molecule has 11 heavy (non-hydrogen) atoms. The van der Waals surface area contributed by atoms with Gasteiger partial charge in [0, 0.05) is 19.3 Å². The number of hydrogen-bond donors (Lipinski definition) is 2. The Hall–Kier alpha value is -0.100. The summed E-state index contributed by atoms with van der Waals surface area (Å²) < 4.78 is 0. The van der Waals surface area contributed by atoms with Gasteiger partial charge < -0.3 is 10.6 Å². The Morgan fingerprint density at radius 1 is 1.64 bits per heavy atom. The molecule has 0 aliphatic carbocycles. The number of carboxylic acid groups (broad SMARTS) is 1. The van der Waals surface area contributed by atoms with E-state index in [4.69, 9.17) is 9.90 Å². The maximum Gasteiger partial charge on any atom is 0.0487 e. The van der Waals surface area contributed by atoms with Crippen LogP contribution < -0.4 is 0 Å². The fraction of sp³-hybridized carbons (Fsp3) is 0.200. The first-order chi connectivity index (χ1) is 4.23. The Morgan fingerprint density at radius 3 is 2.18 bits per heavy atom. The van der Waals surface area contributed by atoms with Crippen molar-refractivity contribution in [2.45, 2.75) is 6.92 Å². The van der Waals surface area contributed by atoms with Crippen LogP contribution in [0.2, 0.25) is 0 Å². The SMILES string of the molecule is CC(=O)O.O.[CaH2].c1cn[nH]c1. The van der Waals surface area contributed by atoms with Gasteiger partial charge in [-0.25, -0.2) is 0 Å². The molecule has 4 N–H and O–H groups in total. The Bertz CT molecular complexity index is 134. The van der Waals surface area contributed by atoms with Crippen molar-refractivity contribution in [2.24, 2.45) is 0 Å². The molecule has 1 heterocycles. The van der Waals surface area contributed by atoms with Gasteiger partial charge in [-0.2, -0.15) is 5.10 Å². The van der Waals surface area contributed by atoms with Crippen LogP contribution in [0.3, 0.4) is 0 Å². The van der Waals surface area contributed by atoms with Crippen molar-refractivity contribution in [3.05, 3.63) is 18.5 Å². The molecule has 0 spiro atoms. The standard InChI is InChI=1S/C3H4N2.C2H4O2.Ca.H2O.2H/c1-2-4-5-3-1;1-2(3)4;;;;/h1-3H,(H,4,5);1H3,(H,3,4);;1H2;;. The van der Waals surface area contributed by atoms with Crippen molar-refractivity contribution in [2.75, 3.05) is 0 Å². The Balaban J connectivity index is -0.000000101. The van der Waals surface area contributed by atoms with Crippen molar-refractivity contribution in [1.29, 1.82) is 0 Å². The van der Waals surface area contributed by atoms with E-state index in [0.29, 0.717) is 0 Å².